The lowest BCUT2D eigenvalue weighted by Gasteiger charge is -1.93. The average Bonchev–Trinajstić information content (AvgIpc) is 2.05. The number of aromatic nitrogens is 1. The molecule has 0 aliphatic carbocycles. The summed E-state index contributed by atoms with van der Waals surface area (Å²) in [7, 11) is 0. The van der Waals surface area contributed by atoms with Gasteiger partial charge in [0.2, 0.25) is 0 Å². The van der Waals surface area contributed by atoms with E-state index in [2.05, 4.69) is 20.9 Å². The number of nitriles is 1. The zero-order chi connectivity index (χ0) is 8.27. The van der Waals surface area contributed by atoms with Crippen molar-refractivity contribution in [3.63, 3.8) is 0 Å². The van der Waals surface area contributed by atoms with Gasteiger partial charge in [0.25, 0.3) is 0 Å². The van der Waals surface area contributed by atoms with Gasteiger partial charge in [-0.2, -0.15) is 5.26 Å². The van der Waals surface area contributed by atoms with E-state index in [1.165, 1.54) is 12.3 Å². The second-order valence-corrected chi connectivity index (χ2v) is 2.68. The zero-order valence-electron chi connectivity index (χ0n) is 5.41. The van der Waals surface area contributed by atoms with E-state index in [1.807, 2.05) is 6.07 Å². The van der Waals surface area contributed by atoms with Crippen molar-refractivity contribution in [2.75, 3.05) is 0 Å². The van der Waals surface area contributed by atoms with Gasteiger partial charge in [0.05, 0.1) is 0 Å². The maximum absolute atomic E-state index is 10.3. The van der Waals surface area contributed by atoms with Crippen LogP contribution >= 0.6 is 15.9 Å². The number of hydrogen-bond donors (Lipinski definition) is 0. The SMILES string of the molecule is N#Cc1cc(C=O)c(Br)cn1. The molecule has 0 unspecified atom stereocenters. The standard InChI is InChI=1S/C7H3BrN2O/c8-7-3-10-6(2-9)1-5(7)4-11/h1,3-4H. The Morgan fingerprint density at radius 3 is 3.00 bits per heavy atom. The van der Waals surface area contributed by atoms with Crippen LogP contribution in [0.1, 0.15) is 16.1 Å². The third-order valence-electron chi connectivity index (χ3n) is 1.13. The van der Waals surface area contributed by atoms with Gasteiger partial charge >= 0.3 is 0 Å². The highest BCUT2D eigenvalue weighted by molar-refractivity contribution is 9.10. The largest absolute Gasteiger partial charge is 0.298 e. The van der Waals surface area contributed by atoms with Gasteiger partial charge in [0.1, 0.15) is 11.8 Å². The molecular formula is C7H3BrN2O. The Balaban J connectivity index is 3.25. The van der Waals surface area contributed by atoms with Gasteiger partial charge in [-0.1, -0.05) is 0 Å². The van der Waals surface area contributed by atoms with Crippen LogP contribution < -0.4 is 0 Å². The van der Waals surface area contributed by atoms with Crippen molar-refractivity contribution in [3.8, 4) is 6.07 Å². The molecule has 1 rings (SSSR count). The summed E-state index contributed by atoms with van der Waals surface area (Å²) in [4.78, 5) is 14.1. The molecule has 0 bridgehead atoms. The minimum Gasteiger partial charge on any atom is -0.298 e. The smallest absolute Gasteiger partial charge is 0.151 e. The van der Waals surface area contributed by atoms with E-state index >= 15 is 0 Å². The van der Waals surface area contributed by atoms with Gasteiger partial charge in [-0.05, 0) is 22.0 Å². The number of carbonyl (C=O) groups excluding carboxylic acids is 1. The molecule has 0 aliphatic heterocycles. The molecule has 0 atom stereocenters. The fourth-order valence-corrected chi connectivity index (χ4v) is 0.916. The van der Waals surface area contributed by atoms with Gasteiger partial charge in [-0.3, -0.25) is 4.79 Å². The first-order valence-electron chi connectivity index (χ1n) is 2.78. The molecule has 0 fully saturated rings. The summed E-state index contributed by atoms with van der Waals surface area (Å²) < 4.78 is 0.603. The Hall–Kier alpha value is -1.21. The fraction of sp³-hybridized carbons (Fsp3) is 0. The maximum atomic E-state index is 10.3. The number of nitrogens with zero attached hydrogens (tertiary/aromatic N) is 2. The normalized spacial score (nSPS) is 8.73. The van der Waals surface area contributed by atoms with Gasteiger partial charge < -0.3 is 0 Å². The topological polar surface area (TPSA) is 53.8 Å². The average molecular weight is 211 g/mol. The van der Waals surface area contributed by atoms with E-state index in [4.69, 9.17) is 5.26 Å². The van der Waals surface area contributed by atoms with Crippen LogP contribution in [-0.4, -0.2) is 11.3 Å². The fourth-order valence-electron chi connectivity index (χ4n) is 0.606. The number of aldehydes is 1. The minimum atomic E-state index is 0.246. The van der Waals surface area contributed by atoms with Crippen LogP contribution in [0.25, 0.3) is 0 Å². The number of hydrogen-bond acceptors (Lipinski definition) is 3. The molecule has 0 aliphatic rings. The summed E-state index contributed by atoms with van der Waals surface area (Å²) in [6.07, 6.45) is 2.11. The predicted molar refractivity (Wildman–Crippen MR) is 42.0 cm³/mol. The van der Waals surface area contributed by atoms with Crippen LogP contribution in [-0.2, 0) is 0 Å². The van der Waals surface area contributed by atoms with Gasteiger partial charge in [0, 0.05) is 16.2 Å². The lowest BCUT2D eigenvalue weighted by molar-refractivity contribution is 0.112. The maximum Gasteiger partial charge on any atom is 0.151 e. The number of rotatable bonds is 1. The first-order chi connectivity index (χ1) is 5.27. The first-order valence-corrected chi connectivity index (χ1v) is 3.58. The monoisotopic (exact) mass is 210 g/mol. The molecule has 11 heavy (non-hydrogen) atoms. The lowest BCUT2D eigenvalue weighted by atomic mass is 10.2. The van der Waals surface area contributed by atoms with E-state index in [1.54, 1.807) is 0 Å². The van der Waals surface area contributed by atoms with Crippen LogP contribution in [0.4, 0.5) is 0 Å². The molecule has 0 spiro atoms. The van der Waals surface area contributed by atoms with Gasteiger partial charge in [0.15, 0.2) is 6.29 Å². The van der Waals surface area contributed by atoms with Crippen molar-refractivity contribution in [2.45, 2.75) is 0 Å². The highest BCUT2D eigenvalue weighted by Gasteiger charge is 1.99. The van der Waals surface area contributed by atoms with Crippen molar-refractivity contribution >= 4 is 22.2 Å². The number of carbonyl (C=O) groups is 1. The van der Waals surface area contributed by atoms with E-state index < -0.39 is 0 Å². The van der Waals surface area contributed by atoms with Gasteiger partial charge in [-0.15, -0.1) is 0 Å². The van der Waals surface area contributed by atoms with Crippen LogP contribution in [0.15, 0.2) is 16.7 Å². The Morgan fingerprint density at radius 2 is 2.45 bits per heavy atom. The van der Waals surface area contributed by atoms with Crippen LogP contribution in [0.5, 0.6) is 0 Å². The molecule has 0 saturated heterocycles. The zero-order valence-corrected chi connectivity index (χ0v) is 7.00. The highest BCUT2D eigenvalue weighted by Crippen LogP contribution is 2.13. The highest BCUT2D eigenvalue weighted by atomic mass is 79.9. The second kappa shape index (κ2) is 3.26. The summed E-state index contributed by atoms with van der Waals surface area (Å²) in [6, 6.07) is 3.27. The van der Waals surface area contributed by atoms with Crippen molar-refractivity contribution in [2.24, 2.45) is 0 Å². The predicted octanol–water partition coefficient (Wildman–Crippen LogP) is 1.53. The Labute approximate surface area is 71.8 Å². The van der Waals surface area contributed by atoms with Crippen LogP contribution in [0.2, 0.25) is 0 Å². The Kier molecular flexibility index (Phi) is 2.34. The molecule has 1 heterocycles. The van der Waals surface area contributed by atoms with Crippen LogP contribution in [0, 0.1) is 11.3 Å². The van der Waals surface area contributed by atoms with Gasteiger partial charge in [-0.25, -0.2) is 4.98 Å². The van der Waals surface area contributed by atoms with E-state index in [-0.39, 0.29) is 5.69 Å². The summed E-state index contributed by atoms with van der Waals surface area (Å²) >= 11 is 3.12. The van der Waals surface area contributed by atoms with E-state index in [0.717, 1.165) is 0 Å². The van der Waals surface area contributed by atoms with Crippen molar-refractivity contribution in [3.05, 3.63) is 28.0 Å². The van der Waals surface area contributed by atoms with Crippen LogP contribution in [0.3, 0.4) is 0 Å². The molecule has 1 aromatic heterocycles. The molecule has 0 saturated carbocycles. The summed E-state index contributed by atoms with van der Waals surface area (Å²) in [5.74, 6) is 0. The summed E-state index contributed by atoms with van der Waals surface area (Å²) in [6.45, 7) is 0. The number of halogens is 1. The molecule has 54 valence electrons. The minimum absolute atomic E-state index is 0.246. The molecule has 0 aromatic carbocycles. The summed E-state index contributed by atoms with van der Waals surface area (Å²) in [5, 5.41) is 8.40. The van der Waals surface area contributed by atoms with Crippen molar-refractivity contribution in [1.82, 2.24) is 4.98 Å². The molecular weight excluding hydrogens is 208 g/mol. The Morgan fingerprint density at radius 1 is 1.73 bits per heavy atom. The molecule has 0 amide bonds. The van der Waals surface area contributed by atoms with E-state index in [0.29, 0.717) is 16.3 Å². The third-order valence-corrected chi connectivity index (χ3v) is 1.79. The molecule has 0 N–H and O–H groups in total. The molecule has 4 heteroatoms. The lowest BCUT2D eigenvalue weighted by Crippen LogP contribution is -1.87. The van der Waals surface area contributed by atoms with Crippen molar-refractivity contribution in [1.29, 1.82) is 5.26 Å². The summed E-state index contributed by atoms with van der Waals surface area (Å²) in [5.41, 5.74) is 0.687. The number of pyridine rings is 1. The second-order valence-electron chi connectivity index (χ2n) is 1.82. The first kappa shape index (κ1) is 7.89. The van der Waals surface area contributed by atoms with E-state index in [9.17, 15) is 4.79 Å². The Bertz CT molecular complexity index is 330. The molecule has 1 aromatic rings. The third kappa shape index (κ3) is 1.63. The molecule has 3 nitrogen and oxygen atoms in total. The quantitative estimate of drug-likeness (QED) is 0.661. The van der Waals surface area contributed by atoms with Crippen molar-refractivity contribution < 1.29 is 4.79 Å². The molecule has 0 radical (unpaired) electrons.